The molecule has 196 valence electrons. The first-order valence-electron chi connectivity index (χ1n) is 12.4. The van der Waals surface area contributed by atoms with Crippen LogP contribution in [0.1, 0.15) is 44.9 Å². The second-order valence-electron chi connectivity index (χ2n) is 9.72. The third-order valence-corrected chi connectivity index (χ3v) is 5.72. The molecule has 3 amide bonds. The standard InChI is InChI=1S/C29H35N3O5/c1-5-20-10-12-22(13-11-20)26(27(35)31-24-15-14-21-8-6-7-9-23(21)18-24)32(16-17-33)25(34)19-30-28(36)37-29(2,3)4/h6-15,18,26,33H,5,16-17,19H2,1-4H3,(H,30,36)(H,31,35). The molecule has 8 nitrogen and oxygen atoms in total. The first-order valence-corrected chi connectivity index (χ1v) is 12.4. The van der Waals surface area contributed by atoms with Gasteiger partial charge in [0, 0.05) is 12.2 Å². The van der Waals surface area contributed by atoms with E-state index in [2.05, 4.69) is 10.6 Å². The molecule has 3 rings (SSSR count). The smallest absolute Gasteiger partial charge is 0.408 e. The van der Waals surface area contributed by atoms with Crippen LogP contribution in [-0.2, 0) is 20.7 Å². The van der Waals surface area contributed by atoms with Gasteiger partial charge in [-0.15, -0.1) is 0 Å². The minimum absolute atomic E-state index is 0.0971. The molecule has 0 aliphatic heterocycles. The number of aryl methyl sites for hydroxylation is 1. The fraction of sp³-hybridized carbons (Fsp3) is 0.345. The molecule has 0 heterocycles. The largest absolute Gasteiger partial charge is 0.444 e. The van der Waals surface area contributed by atoms with E-state index < -0.39 is 29.6 Å². The summed E-state index contributed by atoms with van der Waals surface area (Å²) in [5.74, 6) is -0.961. The van der Waals surface area contributed by atoms with Crippen molar-refractivity contribution in [1.82, 2.24) is 10.2 Å². The Morgan fingerprint density at radius 2 is 1.65 bits per heavy atom. The van der Waals surface area contributed by atoms with Crippen LogP contribution in [0.3, 0.4) is 0 Å². The lowest BCUT2D eigenvalue weighted by atomic mass is 10.0. The molecular formula is C29H35N3O5. The molecule has 0 radical (unpaired) electrons. The monoisotopic (exact) mass is 505 g/mol. The van der Waals surface area contributed by atoms with E-state index in [1.165, 1.54) is 4.90 Å². The summed E-state index contributed by atoms with van der Waals surface area (Å²) >= 11 is 0. The van der Waals surface area contributed by atoms with Crippen molar-refractivity contribution in [1.29, 1.82) is 0 Å². The van der Waals surface area contributed by atoms with Crippen molar-refractivity contribution in [3.8, 4) is 0 Å². The number of hydrogen-bond donors (Lipinski definition) is 3. The number of amides is 3. The van der Waals surface area contributed by atoms with Crippen LogP contribution in [0.2, 0.25) is 0 Å². The number of rotatable bonds is 9. The summed E-state index contributed by atoms with van der Waals surface area (Å²) in [6.45, 7) is 6.36. The van der Waals surface area contributed by atoms with Crippen LogP contribution >= 0.6 is 0 Å². The van der Waals surface area contributed by atoms with Gasteiger partial charge < -0.3 is 25.4 Å². The molecule has 8 heteroatoms. The number of aliphatic hydroxyl groups is 1. The Labute approximate surface area is 217 Å². The number of ether oxygens (including phenoxy) is 1. The number of hydrogen-bond acceptors (Lipinski definition) is 5. The minimum Gasteiger partial charge on any atom is -0.444 e. The average Bonchev–Trinajstić information content (AvgIpc) is 2.86. The van der Waals surface area contributed by atoms with Crippen LogP contribution in [-0.4, -0.2) is 53.2 Å². The van der Waals surface area contributed by atoms with Crippen LogP contribution in [0.5, 0.6) is 0 Å². The predicted octanol–water partition coefficient (Wildman–Crippen LogP) is 4.43. The number of nitrogens with zero attached hydrogens (tertiary/aromatic N) is 1. The molecule has 0 fully saturated rings. The molecule has 0 spiro atoms. The fourth-order valence-corrected chi connectivity index (χ4v) is 3.96. The highest BCUT2D eigenvalue weighted by Crippen LogP contribution is 2.25. The van der Waals surface area contributed by atoms with Gasteiger partial charge in [0.15, 0.2) is 0 Å². The second kappa shape index (κ2) is 12.4. The molecule has 1 atom stereocenters. The number of benzene rings is 3. The second-order valence-corrected chi connectivity index (χ2v) is 9.72. The topological polar surface area (TPSA) is 108 Å². The zero-order valence-corrected chi connectivity index (χ0v) is 21.8. The summed E-state index contributed by atoms with van der Waals surface area (Å²) in [6.07, 6.45) is 0.0853. The van der Waals surface area contributed by atoms with Gasteiger partial charge in [0.05, 0.1) is 6.61 Å². The van der Waals surface area contributed by atoms with Crippen molar-refractivity contribution in [2.75, 3.05) is 25.0 Å². The van der Waals surface area contributed by atoms with Gasteiger partial charge in [0.1, 0.15) is 18.2 Å². The highest BCUT2D eigenvalue weighted by Gasteiger charge is 2.31. The zero-order valence-electron chi connectivity index (χ0n) is 21.8. The van der Waals surface area contributed by atoms with Crippen molar-refractivity contribution < 1.29 is 24.2 Å². The quantitative estimate of drug-likeness (QED) is 0.399. The third-order valence-electron chi connectivity index (χ3n) is 5.72. The predicted molar refractivity (Wildman–Crippen MR) is 144 cm³/mol. The Balaban J connectivity index is 1.89. The Bertz CT molecular complexity index is 1230. The molecule has 37 heavy (non-hydrogen) atoms. The number of aliphatic hydroxyl groups excluding tert-OH is 1. The van der Waals surface area contributed by atoms with E-state index in [0.29, 0.717) is 11.3 Å². The lowest BCUT2D eigenvalue weighted by molar-refractivity contribution is -0.138. The van der Waals surface area contributed by atoms with Crippen molar-refractivity contribution >= 4 is 34.4 Å². The zero-order chi connectivity index (χ0) is 27.0. The average molecular weight is 506 g/mol. The number of fused-ring (bicyclic) bond motifs is 1. The number of alkyl carbamates (subject to hydrolysis) is 1. The number of carbonyl (C=O) groups is 3. The minimum atomic E-state index is -1.03. The summed E-state index contributed by atoms with van der Waals surface area (Å²) in [4.78, 5) is 40.3. The van der Waals surface area contributed by atoms with Crippen LogP contribution < -0.4 is 10.6 Å². The lowest BCUT2D eigenvalue weighted by Gasteiger charge is -2.31. The molecule has 3 aromatic rings. The molecule has 0 saturated heterocycles. The Kier molecular flexibility index (Phi) is 9.25. The van der Waals surface area contributed by atoms with Gasteiger partial charge in [-0.1, -0.05) is 61.5 Å². The SMILES string of the molecule is CCc1ccc(C(C(=O)Nc2ccc3ccccc3c2)N(CCO)C(=O)CNC(=O)OC(C)(C)C)cc1. The maximum atomic E-state index is 13.7. The fourth-order valence-electron chi connectivity index (χ4n) is 3.96. The molecule has 0 aliphatic carbocycles. The highest BCUT2D eigenvalue weighted by atomic mass is 16.6. The van der Waals surface area contributed by atoms with Crippen LogP contribution in [0.25, 0.3) is 10.8 Å². The van der Waals surface area contributed by atoms with Gasteiger partial charge >= 0.3 is 6.09 Å². The molecule has 1 unspecified atom stereocenters. The van der Waals surface area contributed by atoms with Crippen molar-refractivity contribution in [3.05, 3.63) is 77.9 Å². The summed E-state index contributed by atoms with van der Waals surface area (Å²) in [7, 11) is 0. The summed E-state index contributed by atoms with van der Waals surface area (Å²) in [6, 6.07) is 19.8. The molecule has 3 N–H and O–H groups in total. The molecule has 0 aliphatic rings. The van der Waals surface area contributed by atoms with Gasteiger partial charge in [-0.3, -0.25) is 9.59 Å². The van der Waals surface area contributed by atoms with Crippen LogP contribution in [0.15, 0.2) is 66.7 Å². The van der Waals surface area contributed by atoms with E-state index in [0.717, 1.165) is 22.8 Å². The van der Waals surface area contributed by atoms with E-state index in [9.17, 15) is 19.5 Å². The molecule has 3 aromatic carbocycles. The first kappa shape index (κ1) is 27.7. The number of nitrogens with one attached hydrogen (secondary N) is 2. The van der Waals surface area contributed by atoms with Gasteiger partial charge in [0.2, 0.25) is 5.91 Å². The van der Waals surface area contributed by atoms with Crippen molar-refractivity contribution in [2.45, 2.75) is 45.8 Å². The highest BCUT2D eigenvalue weighted by molar-refractivity contribution is 6.00. The maximum Gasteiger partial charge on any atom is 0.408 e. The van der Waals surface area contributed by atoms with Gasteiger partial charge in [-0.2, -0.15) is 0 Å². The van der Waals surface area contributed by atoms with E-state index in [-0.39, 0.29) is 19.7 Å². The molecule has 0 saturated carbocycles. The van der Waals surface area contributed by atoms with Gasteiger partial charge in [0.25, 0.3) is 5.91 Å². The van der Waals surface area contributed by atoms with Crippen molar-refractivity contribution in [3.63, 3.8) is 0 Å². The lowest BCUT2D eigenvalue weighted by Crippen LogP contribution is -2.47. The van der Waals surface area contributed by atoms with E-state index in [1.54, 1.807) is 26.8 Å². The van der Waals surface area contributed by atoms with Crippen molar-refractivity contribution in [2.24, 2.45) is 0 Å². The van der Waals surface area contributed by atoms with E-state index in [1.807, 2.05) is 67.6 Å². The van der Waals surface area contributed by atoms with E-state index >= 15 is 0 Å². The van der Waals surface area contributed by atoms with Crippen LogP contribution in [0, 0.1) is 0 Å². The molecule has 0 bridgehead atoms. The summed E-state index contributed by atoms with van der Waals surface area (Å²) in [5, 5.41) is 17.1. The first-order chi connectivity index (χ1) is 17.6. The Morgan fingerprint density at radius 1 is 0.973 bits per heavy atom. The molecule has 0 aromatic heterocycles. The summed E-state index contributed by atoms with van der Waals surface area (Å²) in [5.41, 5.74) is 1.54. The normalized spacial score (nSPS) is 12.0. The van der Waals surface area contributed by atoms with E-state index in [4.69, 9.17) is 4.74 Å². The van der Waals surface area contributed by atoms with Crippen LogP contribution in [0.4, 0.5) is 10.5 Å². The number of anilines is 1. The Morgan fingerprint density at radius 3 is 2.27 bits per heavy atom. The van der Waals surface area contributed by atoms with Gasteiger partial charge in [-0.25, -0.2) is 4.79 Å². The maximum absolute atomic E-state index is 13.7. The van der Waals surface area contributed by atoms with Gasteiger partial charge in [-0.05, 0) is 61.2 Å². The molecular weight excluding hydrogens is 470 g/mol. The number of carbonyl (C=O) groups excluding carboxylic acids is 3. The third kappa shape index (κ3) is 7.79. The Hall–Kier alpha value is -3.91. The summed E-state index contributed by atoms with van der Waals surface area (Å²) < 4.78 is 5.21.